The lowest BCUT2D eigenvalue weighted by Gasteiger charge is -2.09. The highest BCUT2D eigenvalue weighted by Crippen LogP contribution is 2.16. The summed E-state index contributed by atoms with van der Waals surface area (Å²) < 4.78 is 10.9. The van der Waals surface area contributed by atoms with Crippen molar-refractivity contribution in [2.45, 2.75) is 26.6 Å². The molecular formula is C17H22N2O2. The van der Waals surface area contributed by atoms with Gasteiger partial charge in [0.1, 0.15) is 18.2 Å². The SMILES string of the molecule is CCCNc1ccc(COc2cccc(COC)c2)cn1. The number of methoxy groups -OCH3 is 1. The summed E-state index contributed by atoms with van der Waals surface area (Å²) in [4.78, 5) is 4.36. The summed E-state index contributed by atoms with van der Waals surface area (Å²) >= 11 is 0. The quantitative estimate of drug-likeness (QED) is 0.804. The van der Waals surface area contributed by atoms with Crippen LogP contribution in [0, 0.1) is 0 Å². The third-order valence-electron chi connectivity index (χ3n) is 3.00. The van der Waals surface area contributed by atoms with E-state index in [0.29, 0.717) is 13.2 Å². The molecule has 0 aliphatic carbocycles. The Morgan fingerprint density at radius 2 is 2.00 bits per heavy atom. The first-order valence-electron chi connectivity index (χ1n) is 7.21. The smallest absolute Gasteiger partial charge is 0.125 e. The molecule has 112 valence electrons. The first-order valence-corrected chi connectivity index (χ1v) is 7.21. The Kier molecular flexibility index (Phi) is 6.03. The van der Waals surface area contributed by atoms with Gasteiger partial charge in [0.25, 0.3) is 0 Å². The van der Waals surface area contributed by atoms with Crippen LogP contribution in [-0.2, 0) is 18.0 Å². The van der Waals surface area contributed by atoms with Gasteiger partial charge in [-0.1, -0.05) is 25.1 Å². The summed E-state index contributed by atoms with van der Waals surface area (Å²) in [5.41, 5.74) is 2.15. The van der Waals surface area contributed by atoms with Gasteiger partial charge in [-0.15, -0.1) is 0 Å². The lowest BCUT2D eigenvalue weighted by molar-refractivity contribution is 0.184. The molecule has 1 aromatic heterocycles. The van der Waals surface area contributed by atoms with Crippen LogP contribution in [0.4, 0.5) is 5.82 Å². The Morgan fingerprint density at radius 1 is 1.10 bits per heavy atom. The second-order valence-corrected chi connectivity index (χ2v) is 4.85. The lowest BCUT2D eigenvalue weighted by Crippen LogP contribution is -2.02. The number of nitrogens with zero attached hydrogens (tertiary/aromatic N) is 1. The summed E-state index contributed by atoms with van der Waals surface area (Å²) in [5, 5.41) is 3.25. The normalized spacial score (nSPS) is 10.4. The van der Waals surface area contributed by atoms with E-state index in [1.807, 2.05) is 42.6 Å². The van der Waals surface area contributed by atoms with Crippen LogP contribution in [-0.4, -0.2) is 18.6 Å². The van der Waals surface area contributed by atoms with Gasteiger partial charge < -0.3 is 14.8 Å². The number of benzene rings is 1. The largest absolute Gasteiger partial charge is 0.489 e. The average molecular weight is 286 g/mol. The minimum atomic E-state index is 0.511. The number of ether oxygens (including phenoxy) is 2. The van der Waals surface area contributed by atoms with E-state index in [0.717, 1.165) is 35.7 Å². The highest BCUT2D eigenvalue weighted by Gasteiger charge is 1.99. The van der Waals surface area contributed by atoms with Crippen molar-refractivity contribution in [1.82, 2.24) is 4.98 Å². The van der Waals surface area contributed by atoms with E-state index in [2.05, 4.69) is 17.2 Å². The van der Waals surface area contributed by atoms with Crippen molar-refractivity contribution in [3.8, 4) is 5.75 Å². The third kappa shape index (κ3) is 5.08. The van der Waals surface area contributed by atoms with Gasteiger partial charge in [-0.05, 0) is 30.2 Å². The zero-order valence-electron chi connectivity index (χ0n) is 12.6. The molecule has 0 aliphatic heterocycles. The molecule has 0 aliphatic rings. The number of aromatic nitrogens is 1. The molecule has 1 aromatic carbocycles. The van der Waals surface area contributed by atoms with Gasteiger partial charge >= 0.3 is 0 Å². The van der Waals surface area contributed by atoms with Crippen molar-refractivity contribution in [1.29, 1.82) is 0 Å². The van der Waals surface area contributed by atoms with Crippen molar-refractivity contribution in [3.05, 3.63) is 53.7 Å². The van der Waals surface area contributed by atoms with Crippen LogP contribution in [0.15, 0.2) is 42.6 Å². The van der Waals surface area contributed by atoms with E-state index >= 15 is 0 Å². The number of nitrogens with one attached hydrogen (secondary N) is 1. The maximum absolute atomic E-state index is 5.78. The molecule has 0 saturated heterocycles. The van der Waals surface area contributed by atoms with Crippen LogP contribution in [0.5, 0.6) is 5.75 Å². The van der Waals surface area contributed by atoms with E-state index in [9.17, 15) is 0 Å². The molecule has 0 bridgehead atoms. The predicted molar refractivity (Wildman–Crippen MR) is 84.5 cm³/mol. The Labute approximate surface area is 126 Å². The monoisotopic (exact) mass is 286 g/mol. The maximum atomic E-state index is 5.78. The Morgan fingerprint density at radius 3 is 2.71 bits per heavy atom. The van der Waals surface area contributed by atoms with E-state index in [4.69, 9.17) is 9.47 Å². The van der Waals surface area contributed by atoms with Crippen LogP contribution in [0.3, 0.4) is 0 Å². The van der Waals surface area contributed by atoms with Crippen molar-refractivity contribution in [2.24, 2.45) is 0 Å². The molecule has 0 atom stereocenters. The van der Waals surface area contributed by atoms with Crippen molar-refractivity contribution >= 4 is 5.82 Å². The fourth-order valence-corrected chi connectivity index (χ4v) is 1.93. The van der Waals surface area contributed by atoms with Crippen LogP contribution < -0.4 is 10.1 Å². The zero-order valence-corrected chi connectivity index (χ0v) is 12.6. The standard InChI is InChI=1S/C17H22N2O2/c1-3-9-18-17-8-7-15(11-19-17)13-21-16-6-4-5-14(10-16)12-20-2/h4-8,10-11H,3,9,12-13H2,1-2H3,(H,18,19). The average Bonchev–Trinajstić information content (AvgIpc) is 2.53. The van der Waals surface area contributed by atoms with Gasteiger partial charge in [-0.25, -0.2) is 4.98 Å². The summed E-state index contributed by atoms with van der Waals surface area (Å²) in [6.07, 6.45) is 2.93. The van der Waals surface area contributed by atoms with Crippen molar-refractivity contribution in [3.63, 3.8) is 0 Å². The van der Waals surface area contributed by atoms with Gasteiger partial charge in [0.2, 0.25) is 0 Å². The molecule has 4 heteroatoms. The Balaban J connectivity index is 1.88. The molecule has 0 saturated carbocycles. The molecule has 0 fully saturated rings. The molecule has 0 amide bonds. The second-order valence-electron chi connectivity index (χ2n) is 4.85. The predicted octanol–water partition coefficient (Wildman–Crippen LogP) is 3.63. The molecule has 2 rings (SSSR count). The van der Waals surface area contributed by atoms with Crippen LogP contribution in [0.2, 0.25) is 0 Å². The summed E-state index contributed by atoms with van der Waals surface area (Å²) in [7, 11) is 1.69. The molecule has 1 heterocycles. The van der Waals surface area contributed by atoms with E-state index in [1.54, 1.807) is 7.11 Å². The minimum absolute atomic E-state index is 0.511. The molecule has 4 nitrogen and oxygen atoms in total. The molecule has 1 N–H and O–H groups in total. The molecule has 2 aromatic rings. The second kappa shape index (κ2) is 8.27. The fourth-order valence-electron chi connectivity index (χ4n) is 1.93. The number of hydrogen-bond donors (Lipinski definition) is 1. The molecular weight excluding hydrogens is 264 g/mol. The fraction of sp³-hybridized carbons (Fsp3) is 0.353. The zero-order chi connectivity index (χ0) is 14.9. The lowest BCUT2D eigenvalue weighted by atomic mass is 10.2. The number of hydrogen-bond acceptors (Lipinski definition) is 4. The number of anilines is 1. The van der Waals surface area contributed by atoms with Crippen LogP contribution >= 0.6 is 0 Å². The Bertz CT molecular complexity index is 541. The molecule has 0 spiro atoms. The maximum Gasteiger partial charge on any atom is 0.125 e. The van der Waals surface area contributed by atoms with Crippen molar-refractivity contribution < 1.29 is 9.47 Å². The highest BCUT2D eigenvalue weighted by molar-refractivity contribution is 5.35. The molecule has 0 unspecified atom stereocenters. The summed E-state index contributed by atoms with van der Waals surface area (Å²) in [6, 6.07) is 11.9. The molecule has 21 heavy (non-hydrogen) atoms. The van der Waals surface area contributed by atoms with Crippen LogP contribution in [0.1, 0.15) is 24.5 Å². The molecule has 0 radical (unpaired) electrons. The van der Waals surface area contributed by atoms with Gasteiger partial charge in [-0.3, -0.25) is 0 Å². The summed E-state index contributed by atoms with van der Waals surface area (Å²) in [6.45, 7) is 4.18. The third-order valence-corrected chi connectivity index (χ3v) is 3.00. The Hall–Kier alpha value is -2.07. The van der Waals surface area contributed by atoms with Crippen molar-refractivity contribution in [2.75, 3.05) is 19.0 Å². The summed E-state index contributed by atoms with van der Waals surface area (Å²) in [5.74, 6) is 1.75. The van der Waals surface area contributed by atoms with Gasteiger partial charge in [-0.2, -0.15) is 0 Å². The topological polar surface area (TPSA) is 43.4 Å². The minimum Gasteiger partial charge on any atom is -0.489 e. The van der Waals surface area contributed by atoms with E-state index < -0.39 is 0 Å². The highest BCUT2D eigenvalue weighted by atomic mass is 16.5. The van der Waals surface area contributed by atoms with E-state index in [-0.39, 0.29) is 0 Å². The van der Waals surface area contributed by atoms with Gasteiger partial charge in [0, 0.05) is 25.4 Å². The van der Waals surface area contributed by atoms with E-state index in [1.165, 1.54) is 0 Å². The first-order chi connectivity index (χ1) is 10.3. The first kappa shape index (κ1) is 15.3. The van der Waals surface area contributed by atoms with Gasteiger partial charge in [0.05, 0.1) is 6.61 Å². The number of rotatable bonds is 8. The number of pyridine rings is 1. The van der Waals surface area contributed by atoms with Crippen LogP contribution in [0.25, 0.3) is 0 Å². The van der Waals surface area contributed by atoms with Gasteiger partial charge in [0.15, 0.2) is 0 Å².